The number of imide groups is 1. The van der Waals surface area contributed by atoms with Crippen LogP contribution in [0.3, 0.4) is 0 Å². The number of aryl methyl sites for hydroxylation is 2. The molecule has 0 aliphatic carbocycles. The van der Waals surface area contributed by atoms with Crippen molar-refractivity contribution in [1.29, 1.82) is 0 Å². The summed E-state index contributed by atoms with van der Waals surface area (Å²) in [6, 6.07) is 15.4. The molecule has 2 unspecified atom stereocenters. The Hall–Kier alpha value is -3.61. The molecule has 2 atom stereocenters. The van der Waals surface area contributed by atoms with Crippen molar-refractivity contribution in [3.05, 3.63) is 71.3 Å². The molecule has 0 radical (unpaired) electrons. The number of likely N-dealkylation sites (N-methyl/N-ethyl adjacent to an activating group) is 1. The quantitative estimate of drug-likeness (QED) is 0.750. The van der Waals surface area contributed by atoms with E-state index in [9.17, 15) is 9.59 Å². The second-order valence-electron chi connectivity index (χ2n) is 8.56. The number of benzene rings is 2. The van der Waals surface area contributed by atoms with Crippen LogP contribution in [0.2, 0.25) is 0 Å². The van der Waals surface area contributed by atoms with Crippen molar-refractivity contribution in [2.24, 2.45) is 4.99 Å². The minimum absolute atomic E-state index is 0.184. The molecule has 32 heavy (non-hydrogen) atoms. The lowest BCUT2D eigenvalue weighted by molar-refractivity contribution is -0.136. The maximum atomic E-state index is 13.4. The van der Waals surface area contributed by atoms with E-state index in [2.05, 4.69) is 41.8 Å². The zero-order valence-electron chi connectivity index (χ0n) is 18.6. The Morgan fingerprint density at radius 3 is 2.56 bits per heavy atom. The number of carbonyl (C=O) groups is 2. The molecule has 0 aromatic heterocycles. The molecular weight excluding hydrogens is 402 g/mol. The van der Waals surface area contributed by atoms with Gasteiger partial charge < -0.3 is 14.7 Å². The molecule has 0 N–H and O–H groups in total. The van der Waals surface area contributed by atoms with Gasteiger partial charge in [0, 0.05) is 32.4 Å². The predicted octanol–water partition coefficient (Wildman–Crippen LogP) is 3.10. The molecule has 3 amide bonds. The Labute approximate surface area is 188 Å². The Morgan fingerprint density at radius 2 is 1.81 bits per heavy atom. The molecule has 0 bridgehead atoms. The van der Waals surface area contributed by atoms with E-state index in [1.165, 1.54) is 16.0 Å². The first-order valence-electron chi connectivity index (χ1n) is 10.9. The molecule has 0 saturated carbocycles. The molecule has 5 rings (SSSR count). The molecule has 7 nitrogen and oxygen atoms in total. The van der Waals surface area contributed by atoms with E-state index in [0.29, 0.717) is 6.54 Å². The fraction of sp³-hybridized carbons (Fsp3) is 0.320. The summed E-state index contributed by atoms with van der Waals surface area (Å²) in [4.78, 5) is 38.3. The summed E-state index contributed by atoms with van der Waals surface area (Å²) in [5.41, 5.74) is 4.56. The molecule has 2 fully saturated rings. The molecule has 2 aromatic rings. The Balaban J connectivity index is 1.38. The summed E-state index contributed by atoms with van der Waals surface area (Å²) in [6.45, 7) is 5.90. The van der Waals surface area contributed by atoms with E-state index < -0.39 is 12.2 Å². The van der Waals surface area contributed by atoms with Gasteiger partial charge in [-0.25, -0.2) is 9.79 Å². The Bertz CT molecular complexity index is 1130. The topological polar surface area (TPSA) is 59.5 Å². The van der Waals surface area contributed by atoms with Crippen molar-refractivity contribution in [3.8, 4) is 0 Å². The van der Waals surface area contributed by atoms with Gasteiger partial charge in [0.25, 0.3) is 5.91 Å². The summed E-state index contributed by atoms with van der Waals surface area (Å²) < 4.78 is 0. The van der Waals surface area contributed by atoms with Crippen LogP contribution in [-0.2, 0) is 4.79 Å². The number of fused-ring (bicyclic) bond motifs is 3. The molecule has 2 saturated heterocycles. The summed E-state index contributed by atoms with van der Waals surface area (Å²) in [5.74, 6) is 0.592. The van der Waals surface area contributed by atoms with Gasteiger partial charge in [0.05, 0.1) is 0 Å². The third-order valence-corrected chi connectivity index (χ3v) is 6.58. The third kappa shape index (κ3) is 3.25. The average Bonchev–Trinajstić information content (AvgIpc) is 3.37. The fourth-order valence-electron chi connectivity index (χ4n) is 4.60. The summed E-state index contributed by atoms with van der Waals surface area (Å²) in [6.07, 6.45) is 3.30. The summed E-state index contributed by atoms with van der Waals surface area (Å²) in [5, 5.41) is 0. The van der Waals surface area contributed by atoms with Crippen LogP contribution in [0.25, 0.3) is 6.08 Å². The number of rotatable bonds is 4. The van der Waals surface area contributed by atoms with Gasteiger partial charge in [-0.05, 0) is 42.7 Å². The monoisotopic (exact) mass is 429 g/mol. The van der Waals surface area contributed by atoms with Gasteiger partial charge in [-0.1, -0.05) is 48.6 Å². The van der Waals surface area contributed by atoms with Crippen molar-refractivity contribution >= 4 is 29.7 Å². The molecule has 0 spiro atoms. The van der Waals surface area contributed by atoms with Gasteiger partial charge in [-0.3, -0.25) is 9.69 Å². The zero-order chi connectivity index (χ0) is 22.4. The van der Waals surface area contributed by atoms with E-state index in [0.717, 1.165) is 23.8 Å². The van der Waals surface area contributed by atoms with Crippen molar-refractivity contribution in [2.75, 3.05) is 31.6 Å². The number of carbonyl (C=O) groups excluding carboxylic acids is 2. The summed E-state index contributed by atoms with van der Waals surface area (Å²) >= 11 is 0. The van der Waals surface area contributed by atoms with Gasteiger partial charge in [0.15, 0.2) is 12.2 Å². The lowest BCUT2D eigenvalue weighted by Gasteiger charge is -2.40. The van der Waals surface area contributed by atoms with E-state index in [1.54, 1.807) is 11.9 Å². The highest BCUT2D eigenvalue weighted by Crippen LogP contribution is 2.33. The standard InChI is InChI=1S/C25H27N5O2/c1-17-11-12-20(16-18(17)2)28-14-15-29-21-22(26-24(28)29)27(3)25(32)30(23(21)31)13-7-10-19-8-5-4-6-9-19/h4-12,16,21-22H,13-15H2,1-3H3/b10-7+. The molecule has 3 heterocycles. The van der Waals surface area contributed by atoms with Gasteiger partial charge in [-0.15, -0.1) is 0 Å². The highest BCUT2D eigenvalue weighted by molar-refractivity contribution is 6.08. The molecule has 2 aromatic carbocycles. The number of amides is 3. The number of urea groups is 1. The van der Waals surface area contributed by atoms with Crippen LogP contribution in [0.1, 0.15) is 16.7 Å². The average molecular weight is 430 g/mol. The second-order valence-corrected chi connectivity index (χ2v) is 8.56. The van der Waals surface area contributed by atoms with Gasteiger partial charge in [-0.2, -0.15) is 0 Å². The van der Waals surface area contributed by atoms with E-state index in [1.807, 2.05) is 42.5 Å². The SMILES string of the molecule is Cc1ccc(N2CCN3C2=NC2C3C(=O)N(C/C=C/c3ccccc3)C(=O)N2C)cc1C. The fourth-order valence-corrected chi connectivity index (χ4v) is 4.60. The minimum Gasteiger partial charge on any atom is -0.325 e. The van der Waals surface area contributed by atoms with Crippen LogP contribution in [0, 0.1) is 13.8 Å². The number of aliphatic imine (C=N–C) groups is 1. The first-order chi connectivity index (χ1) is 15.5. The van der Waals surface area contributed by atoms with Crippen LogP contribution in [0.4, 0.5) is 10.5 Å². The lowest BCUT2D eigenvalue weighted by Crippen LogP contribution is -2.64. The predicted molar refractivity (Wildman–Crippen MR) is 125 cm³/mol. The van der Waals surface area contributed by atoms with E-state index in [-0.39, 0.29) is 18.5 Å². The van der Waals surface area contributed by atoms with Crippen molar-refractivity contribution in [2.45, 2.75) is 26.1 Å². The maximum absolute atomic E-state index is 13.4. The van der Waals surface area contributed by atoms with Gasteiger partial charge >= 0.3 is 6.03 Å². The molecule has 164 valence electrons. The second kappa shape index (κ2) is 7.82. The normalized spacial score (nSPS) is 22.7. The van der Waals surface area contributed by atoms with Crippen molar-refractivity contribution in [1.82, 2.24) is 14.7 Å². The first kappa shape index (κ1) is 20.3. The highest BCUT2D eigenvalue weighted by Gasteiger charge is 2.54. The number of hydrogen-bond donors (Lipinski definition) is 0. The molecular formula is C25H27N5O2. The minimum atomic E-state index is -0.492. The van der Waals surface area contributed by atoms with Crippen LogP contribution < -0.4 is 4.90 Å². The largest absolute Gasteiger partial charge is 0.328 e. The van der Waals surface area contributed by atoms with Crippen molar-refractivity contribution in [3.63, 3.8) is 0 Å². The summed E-state index contributed by atoms with van der Waals surface area (Å²) in [7, 11) is 1.73. The van der Waals surface area contributed by atoms with Crippen LogP contribution in [0.15, 0.2) is 59.6 Å². The zero-order valence-corrected chi connectivity index (χ0v) is 18.6. The van der Waals surface area contributed by atoms with E-state index in [4.69, 9.17) is 4.99 Å². The number of guanidine groups is 1. The smallest absolute Gasteiger partial charge is 0.325 e. The highest BCUT2D eigenvalue weighted by atomic mass is 16.2. The number of nitrogens with zero attached hydrogens (tertiary/aromatic N) is 5. The molecule has 7 heteroatoms. The third-order valence-electron chi connectivity index (χ3n) is 6.58. The molecule has 3 aliphatic heterocycles. The van der Waals surface area contributed by atoms with Gasteiger partial charge in [0.1, 0.15) is 0 Å². The number of anilines is 1. The van der Waals surface area contributed by atoms with Crippen LogP contribution in [0.5, 0.6) is 0 Å². The Morgan fingerprint density at radius 1 is 1.03 bits per heavy atom. The van der Waals surface area contributed by atoms with Crippen LogP contribution >= 0.6 is 0 Å². The van der Waals surface area contributed by atoms with Crippen LogP contribution in [-0.4, -0.2) is 71.5 Å². The maximum Gasteiger partial charge on any atom is 0.328 e. The van der Waals surface area contributed by atoms with Crippen molar-refractivity contribution < 1.29 is 9.59 Å². The van der Waals surface area contributed by atoms with Gasteiger partial charge in [0.2, 0.25) is 5.96 Å². The first-order valence-corrected chi connectivity index (χ1v) is 10.9. The number of hydrogen-bond acceptors (Lipinski definition) is 5. The lowest BCUT2D eigenvalue weighted by atomic mass is 10.1. The Kier molecular flexibility index (Phi) is 4.96. The van der Waals surface area contributed by atoms with E-state index >= 15 is 0 Å². The molecule has 3 aliphatic rings.